The van der Waals surface area contributed by atoms with E-state index in [-0.39, 0.29) is 18.4 Å². The quantitative estimate of drug-likeness (QED) is 0.747. The molecule has 2 aliphatic heterocycles. The summed E-state index contributed by atoms with van der Waals surface area (Å²) in [4.78, 5) is 43.8. The molecule has 160 valence electrons. The first-order valence-electron chi connectivity index (χ1n) is 10.5. The minimum atomic E-state index is -1.03. The minimum absolute atomic E-state index is 0.211. The Morgan fingerprint density at radius 1 is 1.03 bits per heavy atom. The number of imide groups is 1. The van der Waals surface area contributed by atoms with Gasteiger partial charge in [-0.2, -0.15) is 0 Å². The molecule has 0 aromatic heterocycles. The number of benzene rings is 2. The molecule has 2 fully saturated rings. The number of aryl methyl sites for hydroxylation is 1. The number of amides is 4. The summed E-state index contributed by atoms with van der Waals surface area (Å²) < 4.78 is 0. The van der Waals surface area contributed by atoms with E-state index in [4.69, 9.17) is 11.6 Å². The summed E-state index contributed by atoms with van der Waals surface area (Å²) in [5.74, 6) is -0.536. The fourth-order valence-corrected chi connectivity index (χ4v) is 5.04. The number of rotatable bonds is 3. The number of nitrogens with one attached hydrogen (secondary N) is 1. The van der Waals surface area contributed by atoms with E-state index in [1.807, 2.05) is 48.5 Å². The van der Waals surface area contributed by atoms with E-state index in [1.165, 1.54) is 0 Å². The third-order valence-corrected chi connectivity index (χ3v) is 6.76. The maximum atomic E-state index is 13.2. The van der Waals surface area contributed by atoms with Gasteiger partial charge in [0.25, 0.3) is 5.91 Å². The summed E-state index contributed by atoms with van der Waals surface area (Å²) in [6.07, 6.45) is 1.26. The highest BCUT2D eigenvalue weighted by atomic mass is 35.5. The van der Waals surface area contributed by atoms with E-state index >= 15 is 0 Å². The monoisotopic (exact) mass is 438 g/mol. The number of anilines is 1. The molecule has 1 spiro atoms. The number of carbonyl (C=O) groups excluding carboxylic acids is 3. The molecule has 4 amide bonds. The number of nitrogens with zero attached hydrogens (tertiary/aromatic N) is 3. The van der Waals surface area contributed by atoms with Crippen molar-refractivity contribution in [2.75, 3.05) is 37.6 Å². The molecule has 8 heteroatoms. The maximum Gasteiger partial charge on any atom is 0.325 e. The minimum Gasteiger partial charge on any atom is -0.368 e. The van der Waals surface area contributed by atoms with Gasteiger partial charge in [0.1, 0.15) is 12.1 Å². The Morgan fingerprint density at radius 2 is 1.81 bits per heavy atom. The molecule has 2 saturated heterocycles. The summed E-state index contributed by atoms with van der Waals surface area (Å²) in [6.45, 7) is 2.17. The van der Waals surface area contributed by atoms with Crippen molar-refractivity contribution in [2.45, 2.75) is 18.4 Å². The topological polar surface area (TPSA) is 73.0 Å². The van der Waals surface area contributed by atoms with Gasteiger partial charge in [-0.25, -0.2) is 4.79 Å². The molecule has 2 heterocycles. The van der Waals surface area contributed by atoms with E-state index in [0.29, 0.717) is 37.6 Å². The number of fused-ring (bicyclic) bond motifs is 2. The van der Waals surface area contributed by atoms with Gasteiger partial charge in [0.15, 0.2) is 0 Å². The molecule has 5 rings (SSSR count). The lowest BCUT2D eigenvalue weighted by atomic mass is 9.92. The first-order valence-corrected chi connectivity index (χ1v) is 10.9. The summed E-state index contributed by atoms with van der Waals surface area (Å²) in [6, 6.07) is 14.8. The zero-order valence-corrected chi connectivity index (χ0v) is 17.8. The largest absolute Gasteiger partial charge is 0.368 e. The van der Waals surface area contributed by atoms with Gasteiger partial charge in [-0.1, -0.05) is 41.9 Å². The standard InChI is InChI=1S/C23H23ClN4O3/c24-17-5-3-6-18(14-17)26-10-12-27(13-11-26)20(29)15-28-21(30)23(25-22(28)31)9-8-16-4-1-2-7-19(16)23/h1-7,14H,8-13,15H2,(H,25,31). The molecule has 7 nitrogen and oxygen atoms in total. The summed E-state index contributed by atoms with van der Waals surface area (Å²) >= 11 is 6.08. The van der Waals surface area contributed by atoms with Crippen LogP contribution in [0, 0.1) is 0 Å². The zero-order chi connectivity index (χ0) is 21.6. The number of piperazine rings is 1. The van der Waals surface area contributed by atoms with Crippen LogP contribution in [-0.4, -0.2) is 60.4 Å². The SMILES string of the molecule is O=C(CN1C(=O)NC2(CCc3ccccc32)C1=O)N1CCN(c2cccc(Cl)c2)CC1. The lowest BCUT2D eigenvalue weighted by molar-refractivity contribution is -0.139. The zero-order valence-electron chi connectivity index (χ0n) is 17.0. The molecule has 1 aliphatic carbocycles. The van der Waals surface area contributed by atoms with Gasteiger partial charge in [-0.3, -0.25) is 14.5 Å². The fourth-order valence-electron chi connectivity index (χ4n) is 4.86. The van der Waals surface area contributed by atoms with Crippen LogP contribution in [0.1, 0.15) is 17.5 Å². The molecule has 2 aromatic carbocycles. The second-order valence-electron chi connectivity index (χ2n) is 8.23. The highest BCUT2D eigenvalue weighted by Gasteiger charge is 2.55. The van der Waals surface area contributed by atoms with Crippen LogP contribution in [0.4, 0.5) is 10.5 Å². The highest BCUT2D eigenvalue weighted by Crippen LogP contribution is 2.41. The van der Waals surface area contributed by atoms with Crippen LogP contribution in [0.3, 0.4) is 0 Å². The van der Waals surface area contributed by atoms with Crippen LogP contribution in [0.5, 0.6) is 0 Å². The Hall–Kier alpha value is -3.06. The Labute approximate surface area is 185 Å². The summed E-state index contributed by atoms with van der Waals surface area (Å²) in [5.41, 5.74) is 1.91. The van der Waals surface area contributed by atoms with Gasteiger partial charge in [-0.05, 0) is 42.2 Å². The van der Waals surface area contributed by atoms with Crippen molar-refractivity contribution in [3.63, 3.8) is 0 Å². The van der Waals surface area contributed by atoms with Crippen LogP contribution in [-0.2, 0) is 21.5 Å². The Morgan fingerprint density at radius 3 is 2.58 bits per heavy atom. The normalized spacial score (nSPS) is 22.8. The Kier molecular flexibility index (Phi) is 4.85. The molecule has 0 bridgehead atoms. The van der Waals surface area contributed by atoms with Crippen LogP contribution in [0.15, 0.2) is 48.5 Å². The number of hydrogen-bond acceptors (Lipinski definition) is 4. The van der Waals surface area contributed by atoms with E-state index in [9.17, 15) is 14.4 Å². The summed E-state index contributed by atoms with van der Waals surface area (Å²) in [7, 11) is 0. The highest BCUT2D eigenvalue weighted by molar-refractivity contribution is 6.30. The number of carbonyl (C=O) groups is 3. The van der Waals surface area contributed by atoms with Crippen LogP contribution >= 0.6 is 11.6 Å². The lowest BCUT2D eigenvalue weighted by Crippen LogP contribution is -2.52. The van der Waals surface area contributed by atoms with E-state index in [1.54, 1.807) is 4.90 Å². The molecule has 0 radical (unpaired) electrons. The molecule has 1 N–H and O–H groups in total. The lowest BCUT2D eigenvalue weighted by Gasteiger charge is -2.36. The third kappa shape index (κ3) is 3.33. The van der Waals surface area contributed by atoms with Crippen LogP contribution in [0.2, 0.25) is 5.02 Å². The molecule has 1 atom stereocenters. The van der Waals surface area contributed by atoms with Crippen LogP contribution in [0.25, 0.3) is 0 Å². The first-order chi connectivity index (χ1) is 15.0. The third-order valence-electron chi connectivity index (χ3n) is 6.52. The first kappa shape index (κ1) is 19.9. The Balaban J connectivity index is 1.24. The predicted octanol–water partition coefficient (Wildman–Crippen LogP) is 2.38. The van der Waals surface area contributed by atoms with Gasteiger partial charge in [0.05, 0.1) is 0 Å². The van der Waals surface area contributed by atoms with Gasteiger partial charge < -0.3 is 15.1 Å². The number of hydrogen-bond donors (Lipinski definition) is 1. The van der Waals surface area contributed by atoms with Crippen molar-refractivity contribution in [3.05, 3.63) is 64.7 Å². The second-order valence-corrected chi connectivity index (χ2v) is 8.67. The molecular weight excluding hydrogens is 416 g/mol. The van der Waals surface area contributed by atoms with Gasteiger partial charge in [0, 0.05) is 36.9 Å². The van der Waals surface area contributed by atoms with E-state index < -0.39 is 11.6 Å². The van der Waals surface area contributed by atoms with Crippen molar-refractivity contribution < 1.29 is 14.4 Å². The average molecular weight is 439 g/mol. The smallest absolute Gasteiger partial charge is 0.325 e. The molecule has 1 unspecified atom stereocenters. The van der Waals surface area contributed by atoms with Crippen molar-refractivity contribution in [1.29, 1.82) is 0 Å². The van der Waals surface area contributed by atoms with Gasteiger partial charge in [0.2, 0.25) is 5.91 Å². The molecular formula is C23H23ClN4O3. The van der Waals surface area contributed by atoms with Crippen molar-refractivity contribution in [3.8, 4) is 0 Å². The fraction of sp³-hybridized carbons (Fsp3) is 0.348. The maximum absolute atomic E-state index is 13.2. The molecule has 2 aromatic rings. The summed E-state index contributed by atoms with van der Waals surface area (Å²) in [5, 5.41) is 3.55. The van der Waals surface area contributed by atoms with Crippen molar-refractivity contribution >= 4 is 35.1 Å². The van der Waals surface area contributed by atoms with Crippen molar-refractivity contribution in [2.24, 2.45) is 0 Å². The molecule has 0 saturated carbocycles. The number of urea groups is 1. The van der Waals surface area contributed by atoms with Crippen molar-refractivity contribution in [1.82, 2.24) is 15.1 Å². The molecule has 31 heavy (non-hydrogen) atoms. The molecule has 3 aliphatic rings. The van der Waals surface area contributed by atoms with Gasteiger partial charge >= 0.3 is 6.03 Å². The van der Waals surface area contributed by atoms with E-state index in [2.05, 4.69) is 10.2 Å². The number of halogens is 1. The van der Waals surface area contributed by atoms with E-state index in [0.717, 1.165) is 28.1 Å². The van der Waals surface area contributed by atoms with Gasteiger partial charge in [-0.15, -0.1) is 0 Å². The Bertz CT molecular complexity index is 1070. The average Bonchev–Trinajstić information content (AvgIpc) is 3.27. The second kappa shape index (κ2) is 7.57. The predicted molar refractivity (Wildman–Crippen MR) is 117 cm³/mol. The van der Waals surface area contributed by atoms with Crippen LogP contribution < -0.4 is 10.2 Å².